The molecule has 0 bridgehead atoms. The summed E-state index contributed by atoms with van der Waals surface area (Å²) in [7, 11) is -3.16. The number of hydrogen-bond donors (Lipinski definition) is 1. The molecule has 1 amide bonds. The quantitative estimate of drug-likeness (QED) is 0.623. The first-order valence-electron chi connectivity index (χ1n) is 10.3. The summed E-state index contributed by atoms with van der Waals surface area (Å²) in [5.41, 5.74) is 1.65. The fourth-order valence-electron chi connectivity index (χ4n) is 4.58. The summed E-state index contributed by atoms with van der Waals surface area (Å²) >= 11 is 7.49. The first kappa shape index (κ1) is 20.9. The van der Waals surface area contributed by atoms with Gasteiger partial charge in [-0.25, -0.2) is 13.1 Å². The Labute approximate surface area is 189 Å². The standard InChI is InChI=1S/C21H23ClN4O3S2/c1-13-16-10-19(30-21(16)26(24-13)15-6-4-5-14(22)9-15)20(27)23-17-11-31(28,29)12-18(17)25-7-2-3-8-25/h4-6,9-10,17-18H,2-3,7-8,11-12H2,1H3,(H,23,27). The lowest BCUT2D eigenvalue weighted by molar-refractivity contribution is 0.0923. The van der Waals surface area contributed by atoms with E-state index in [1.165, 1.54) is 11.3 Å². The van der Waals surface area contributed by atoms with E-state index in [1.54, 1.807) is 10.7 Å². The van der Waals surface area contributed by atoms with Gasteiger partial charge in [-0.05, 0) is 57.1 Å². The van der Waals surface area contributed by atoms with Crippen molar-refractivity contribution in [2.24, 2.45) is 0 Å². The zero-order valence-corrected chi connectivity index (χ0v) is 19.4. The van der Waals surface area contributed by atoms with Gasteiger partial charge in [0.1, 0.15) is 4.83 Å². The number of benzene rings is 1. The van der Waals surface area contributed by atoms with Crippen molar-refractivity contribution in [1.82, 2.24) is 20.0 Å². The summed E-state index contributed by atoms with van der Waals surface area (Å²) in [6, 6.07) is 8.73. The number of aryl methyl sites for hydroxylation is 1. The van der Waals surface area contributed by atoms with Gasteiger partial charge in [0.15, 0.2) is 9.84 Å². The van der Waals surface area contributed by atoms with Gasteiger partial charge in [0, 0.05) is 16.5 Å². The molecular formula is C21H23ClN4O3S2. The molecule has 0 aliphatic carbocycles. The van der Waals surface area contributed by atoms with Crippen LogP contribution in [0.15, 0.2) is 30.3 Å². The molecular weight excluding hydrogens is 456 g/mol. The SMILES string of the molecule is Cc1nn(-c2cccc(Cl)c2)c2sc(C(=O)NC3CS(=O)(=O)CC3N3CCCC3)cc12. The van der Waals surface area contributed by atoms with Crippen LogP contribution in [0.25, 0.3) is 15.9 Å². The largest absolute Gasteiger partial charge is 0.346 e. The minimum absolute atomic E-state index is 0.000121. The molecule has 10 heteroatoms. The smallest absolute Gasteiger partial charge is 0.261 e. The number of rotatable bonds is 4. The Kier molecular flexibility index (Phi) is 5.32. The highest BCUT2D eigenvalue weighted by Crippen LogP contribution is 2.31. The number of sulfone groups is 1. The van der Waals surface area contributed by atoms with Crippen molar-refractivity contribution in [3.63, 3.8) is 0 Å². The summed E-state index contributed by atoms with van der Waals surface area (Å²) in [5, 5.41) is 9.14. The van der Waals surface area contributed by atoms with E-state index in [-0.39, 0.29) is 29.5 Å². The van der Waals surface area contributed by atoms with Crippen molar-refractivity contribution in [2.75, 3.05) is 24.6 Å². The van der Waals surface area contributed by atoms with Crippen LogP contribution in [0.5, 0.6) is 0 Å². The van der Waals surface area contributed by atoms with Crippen LogP contribution in [0.3, 0.4) is 0 Å². The van der Waals surface area contributed by atoms with Crippen molar-refractivity contribution in [3.8, 4) is 5.69 Å². The van der Waals surface area contributed by atoms with Gasteiger partial charge in [0.2, 0.25) is 0 Å². The lowest BCUT2D eigenvalue weighted by Gasteiger charge is -2.28. The molecule has 4 heterocycles. The lowest BCUT2D eigenvalue weighted by Crippen LogP contribution is -2.50. The third-order valence-corrected chi connectivity index (χ3v) is 9.13. The molecule has 1 aromatic carbocycles. The van der Waals surface area contributed by atoms with Gasteiger partial charge in [-0.1, -0.05) is 17.7 Å². The Morgan fingerprint density at radius 3 is 2.74 bits per heavy atom. The molecule has 2 aliphatic heterocycles. The number of hydrogen-bond acceptors (Lipinski definition) is 6. The number of amides is 1. The van der Waals surface area contributed by atoms with E-state index in [4.69, 9.17) is 11.6 Å². The molecule has 164 valence electrons. The summed E-state index contributed by atoms with van der Waals surface area (Å²) in [5.74, 6) is -0.114. The van der Waals surface area contributed by atoms with E-state index < -0.39 is 9.84 Å². The average molecular weight is 479 g/mol. The molecule has 2 fully saturated rings. The number of carbonyl (C=O) groups is 1. The second-order valence-corrected chi connectivity index (χ2v) is 11.9. The third kappa shape index (κ3) is 4.00. The van der Waals surface area contributed by atoms with Crippen LogP contribution in [0, 0.1) is 6.92 Å². The molecule has 3 aromatic rings. The van der Waals surface area contributed by atoms with Gasteiger partial charge in [-0.15, -0.1) is 11.3 Å². The number of halogens is 1. The molecule has 0 radical (unpaired) electrons. The minimum atomic E-state index is -3.16. The van der Waals surface area contributed by atoms with E-state index in [1.807, 2.05) is 31.2 Å². The van der Waals surface area contributed by atoms with E-state index in [2.05, 4.69) is 15.3 Å². The lowest BCUT2D eigenvalue weighted by atomic mass is 10.1. The van der Waals surface area contributed by atoms with Gasteiger partial charge in [-0.3, -0.25) is 9.69 Å². The van der Waals surface area contributed by atoms with E-state index in [9.17, 15) is 13.2 Å². The van der Waals surface area contributed by atoms with E-state index in [0.29, 0.717) is 9.90 Å². The molecule has 31 heavy (non-hydrogen) atoms. The molecule has 0 spiro atoms. The zero-order valence-electron chi connectivity index (χ0n) is 17.0. The number of aromatic nitrogens is 2. The Bertz CT molecular complexity index is 1260. The first-order valence-corrected chi connectivity index (χ1v) is 13.3. The fourth-order valence-corrected chi connectivity index (χ4v) is 7.80. The predicted molar refractivity (Wildman–Crippen MR) is 123 cm³/mol. The van der Waals surface area contributed by atoms with Crippen molar-refractivity contribution in [2.45, 2.75) is 31.8 Å². The summed E-state index contributed by atoms with van der Waals surface area (Å²) in [4.78, 5) is 16.7. The number of carbonyl (C=O) groups excluding carboxylic acids is 1. The number of thiophene rings is 1. The molecule has 0 saturated carbocycles. The maximum absolute atomic E-state index is 13.1. The first-order chi connectivity index (χ1) is 14.8. The highest BCUT2D eigenvalue weighted by molar-refractivity contribution is 7.91. The van der Waals surface area contributed by atoms with Gasteiger partial charge in [-0.2, -0.15) is 5.10 Å². The van der Waals surface area contributed by atoms with Crippen molar-refractivity contribution in [1.29, 1.82) is 0 Å². The predicted octanol–water partition coefficient (Wildman–Crippen LogP) is 3.04. The van der Waals surface area contributed by atoms with Crippen LogP contribution in [0.1, 0.15) is 28.2 Å². The van der Waals surface area contributed by atoms with Gasteiger partial charge in [0.25, 0.3) is 5.91 Å². The maximum Gasteiger partial charge on any atom is 0.261 e. The second kappa shape index (κ2) is 7.88. The topological polar surface area (TPSA) is 84.3 Å². The average Bonchev–Trinajstić information content (AvgIpc) is 3.47. The molecule has 2 saturated heterocycles. The second-order valence-electron chi connectivity index (χ2n) is 8.27. The molecule has 2 atom stereocenters. The van der Waals surface area contributed by atoms with Crippen molar-refractivity contribution < 1.29 is 13.2 Å². The number of fused-ring (bicyclic) bond motifs is 1. The van der Waals surface area contributed by atoms with Gasteiger partial charge in [0.05, 0.1) is 33.8 Å². The van der Waals surface area contributed by atoms with E-state index >= 15 is 0 Å². The van der Waals surface area contributed by atoms with Crippen LogP contribution in [0.4, 0.5) is 0 Å². The van der Waals surface area contributed by atoms with Crippen LogP contribution in [-0.2, 0) is 9.84 Å². The Balaban J connectivity index is 1.43. The minimum Gasteiger partial charge on any atom is -0.346 e. The highest BCUT2D eigenvalue weighted by Gasteiger charge is 2.42. The molecule has 2 aliphatic rings. The van der Waals surface area contributed by atoms with E-state index in [0.717, 1.165) is 47.5 Å². The number of nitrogens with zero attached hydrogens (tertiary/aromatic N) is 3. The monoisotopic (exact) mass is 478 g/mol. The summed E-state index contributed by atoms with van der Waals surface area (Å²) in [6.45, 7) is 3.69. The zero-order chi connectivity index (χ0) is 21.8. The Morgan fingerprint density at radius 2 is 2.00 bits per heavy atom. The summed E-state index contributed by atoms with van der Waals surface area (Å²) in [6.07, 6.45) is 2.15. The normalized spacial score (nSPS) is 23.5. The van der Waals surface area contributed by atoms with Crippen molar-refractivity contribution >= 4 is 48.9 Å². The van der Waals surface area contributed by atoms with Crippen LogP contribution in [0.2, 0.25) is 5.02 Å². The maximum atomic E-state index is 13.1. The molecule has 2 aromatic heterocycles. The summed E-state index contributed by atoms with van der Waals surface area (Å²) < 4.78 is 26.4. The Morgan fingerprint density at radius 1 is 1.23 bits per heavy atom. The third-order valence-electron chi connectivity index (χ3n) is 6.07. The van der Waals surface area contributed by atoms with Gasteiger partial charge >= 0.3 is 0 Å². The van der Waals surface area contributed by atoms with Gasteiger partial charge < -0.3 is 5.32 Å². The fraction of sp³-hybridized carbons (Fsp3) is 0.429. The van der Waals surface area contributed by atoms with Crippen LogP contribution in [-0.4, -0.2) is 65.7 Å². The molecule has 7 nitrogen and oxygen atoms in total. The highest BCUT2D eigenvalue weighted by atomic mass is 35.5. The van der Waals surface area contributed by atoms with Crippen molar-refractivity contribution in [3.05, 3.63) is 45.9 Å². The van der Waals surface area contributed by atoms with Crippen LogP contribution >= 0.6 is 22.9 Å². The number of likely N-dealkylation sites (tertiary alicyclic amines) is 1. The number of nitrogens with one attached hydrogen (secondary N) is 1. The molecule has 5 rings (SSSR count). The Hall–Kier alpha value is -1.94. The van der Waals surface area contributed by atoms with Crippen LogP contribution < -0.4 is 5.32 Å². The molecule has 2 unspecified atom stereocenters. The molecule has 1 N–H and O–H groups in total.